The second-order valence-corrected chi connectivity index (χ2v) is 6.97. The molecule has 2 aromatic carbocycles. The monoisotopic (exact) mass is 360 g/mol. The van der Waals surface area contributed by atoms with Crippen molar-refractivity contribution in [3.8, 4) is 5.69 Å². The van der Waals surface area contributed by atoms with Crippen molar-refractivity contribution < 1.29 is 4.79 Å². The van der Waals surface area contributed by atoms with E-state index in [0.717, 1.165) is 44.1 Å². The van der Waals surface area contributed by atoms with E-state index in [1.807, 2.05) is 59.0 Å². The number of para-hydroxylation sites is 1. The molecule has 1 aliphatic rings. The molecular weight excluding hydrogens is 336 g/mol. The van der Waals surface area contributed by atoms with E-state index in [0.29, 0.717) is 5.69 Å². The molecule has 5 heteroatoms. The predicted octanol–water partition coefficient (Wildman–Crippen LogP) is 3.14. The molecule has 0 saturated carbocycles. The molecule has 1 saturated heterocycles. The zero-order chi connectivity index (χ0) is 18.6. The second kappa shape index (κ2) is 7.76. The molecule has 1 amide bonds. The van der Waals surface area contributed by atoms with E-state index >= 15 is 0 Å². The van der Waals surface area contributed by atoms with Gasteiger partial charge >= 0.3 is 0 Å². The van der Waals surface area contributed by atoms with Crippen LogP contribution in [0.15, 0.2) is 66.7 Å². The van der Waals surface area contributed by atoms with Crippen LogP contribution in [0.5, 0.6) is 0 Å². The van der Waals surface area contributed by atoms with E-state index in [1.54, 1.807) is 0 Å². The Bertz CT molecular complexity index is 897. The molecule has 2 heterocycles. The van der Waals surface area contributed by atoms with Crippen LogP contribution in [-0.2, 0) is 6.54 Å². The minimum absolute atomic E-state index is 0.0205. The molecular formula is C22H24N4O. The number of rotatable bonds is 4. The van der Waals surface area contributed by atoms with Gasteiger partial charge < -0.3 is 4.90 Å². The number of aryl methyl sites for hydroxylation is 1. The SMILES string of the molecule is Cc1cc(C(=O)N2CCN(Cc3ccccc3)CC2)nn1-c1ccccc1. The Hall–Kier alpha value is -2.92. The number of nitrogens with zero attached hydrogens (tertiary/aromatic N) is 4. The van der Waals surface area contributed by atoms with Crippen LogP contribution < -0.4 is 0 Å². The molecule has 0 atom stereocenters. The van der Waals surface area contributed by atoms with Gasteiger partial charge in [-0.05, 0) is 30.7 Å². The Morgan fingerprint density at radius 3 is 2.22 bits per heavy atom. The maximum atomic E-state index is 12.9. The smallest absolute Gasteiger partial charge is 0.274 e. The van der Waals surface area contributed by atoms with Gasteiger partial charge in [0.2, 0.25) is 0 Å². The van der Waals surface area contributed by atoms with Gasteiger partial charge in [0.25, 0.3) is 5.91 Å². The highest BCUT2D eigenvalue weighted by Gasteiger charge is 2.24. The standard InChI is InChI=1S/C22H24N4O/c1-18-16-21(23-26(18)20-10-6-3-7-11-20)22(27)25-14-12-24(13-15-25)17-19-8-4-2-5-9-19/h2-11,16H,12-15,17H2,1H3. The maximum Gasteiger partial charge on any atom is 0.274 e. The molecule has 3 aromatic rings. The lowest BCUT2D eigenvalue weighted by molar-refractivity contribution is 0.0622. The lowest BCUT2D eigenvalue weighted by Gasteiger charge is -2.34. The summed E-state index contributed by atoms with van der Waals surface area (Å²) >= 11 is 0. The molecule has 1 aromatic heterocycles. The van der Waals surface area contributed by atoms with E-state index in [4.69, 9.17) is 0 Å². The Kier molecular flexibility index (Phi) is 5.03. The van der Waals surface area contributed by atoms with E-state index in [9.17, 15) is 4.79 Å². The summed E-state index contributed by atoms with van der Waals surface area (Å²) in [4.78, 5) is 17.2. The number of carbonyl (C=O) groups excluding carboxylic acids is 1. The fourth-order valence-corrected chi connectivity index (χ4v) is 3.52. The number of amides is 1. The van der Waals surface area contributed by atoms with Gasteiger partial charge in [-0.3, -0.25) is 9.69 Å². The minimum atomic E-state index is 0.0205. The molecule has 0 N–H and O–H groups in total. The average Bonchev–Trinajstić information content (AvgIpc) is 3.11. The highest BCUT2D eigenvalue weighted by Crippen LogP contribution is 2.15. The van der Waals surface area contributed by atoms with Gasteiger partial charge in [0.1, 0.15) is 0 Å². The Morgan fingerprint density at radius 2 is 1.56 bits per heavy atom. The summed E-state index contributed by atoms with van der Waals surface area (Å²) in [6, 6.07) is 22.3. The van der Waals surface area contributed by atoms with E-state index in [1.165, 1.54) is 5.56 Å². The molecule has 5 nitrogen and oxygen atoms in total. The first-order chi connectivity index (χ1) is 13.2. The molecule has 4 rings (SSSR count). The van der Waals surface area contributed by atoms with E-state index in [-0.39, 0.29) is 5.91 Å². The van der Waals surface area contributed by atoms with Crippen LogP contribution >= 0.6 is 0 Å². The van der Waals surface area contributed by atoms with Gasteiger partial charge in [0.05, 0.1) is 5.69 Å². The highest BCUT2D eigenvalue weighted by atomic mass is 16.2. The first-order valence-electron chi connectivity index (χ1n) is 9.38. The van der Waals surface area contributed by atoms with Crippen molar-refractivity contribution in [3.63, 3.8) is 0 Å². The van der Waals surface area contributed by atoms with Crippen LogP contribution in [0.3, 0.4) is 0 Å². The van der Waals surface area contributed by atoms with Crippen molar-refractivity contribution in [2.45, 2.75) is 13.5 Å². The minimum Gasteiger partial charge on any atom is -0.335 e. The second-order valence-electron chi connectivity index (χ2n) is 6.97. The van der Waals surface area contributed by atoms with Crippen LogP contribution in [0.4, 0.5) is 0 Å². The molecule has 0 radical (unpaired) electrons. The Balaban J connectivity index is 1.40. The molecule has 0 bridgehead atoms. The quantitative estimate of drug-likeness (QED) is 0.718. The largest absolute Gasteiger partial charge is 0.335 e. The third-order valence-corrected chi connectivity index (χ3v) is 5.02. The zero-order valence-corrected chi connectivity index (χ0v) is 15.6. The highest BCUT2D eigenvalue weighted by molar-refractivity contribution is 5.92. The first kappa shape index (κ1) is 17.5. The molecule has 0 aliphatic carbocycles. The van der Waals surface area contributed by atoms with Crippen molar-refractivity contribution in [1.82, 2.24) is 19.6 Å². The summed E-state index contributed by atoms with van der Waals surface area (Å²) in [6.45, 7) is 6.17. The predicted molar refractivity (Wildman–Crippen MR) is 106 cm³/mol. The third-order valence-electron chi connectivity index (χ3n) is 5.02. The maximum absolute atomic E-state index is 12.9. The molecule has 0 spiro atoms. The number of aromatic nitrogens is 2. The summed E-state index contributed by atoms with van der Waals surface area (Å²) in [7, 11) is 0. The van der Waals surface area contributed by atoms with Gasteiger partial charge in [-0.15, -0.1) is 0 Å². The summed E-state index contributed by atoms with van der Waals surface area (Å²) in [5, 5.41) is 4.55. The van der Waals surface area contributed by atoms with Crippen molar-refractivity contribution >= 4 is 5.91 Å². The molecule has 0 unspecified atom stereocenters. The third kappa shape index (κ3) is 3.93. The fourth-order valence-electron chi connectivity index (χ4n) is 3.52. The van der Waals surface area contributed by atoms with Crippen molar-refractivity contribution in [2.24, 2.45) is 0 Å². The van der Waals surface area contributed by atoms with Crippen LogP contribution in [0, 0.1) is 6.92 Å². The van der Waals surface area contributed by atoms with Crippen LogP contribution in [0.1, 0.15) is 21.7 Å². The number of benzene rings is 2. The molecule has 27 heavy (non-hydrogen) atoms. The summed E-state index contributed by atoms with van der Waals surface area (Å²) in [5.41, 5.74) is 3.77. The van der Waals surface area contributed by atoms with Crippen LogP contribution in [0.25, 0.3) is 5.69 Å². The van der Waals surface area contributed by atoms with Crippen LogP contribution in [0.2, 0.25) is 0 Å². The van der Waals surface area contributed by atoms with Crippen LogP contribution in [-0.4, -0.2) is 51.7 Å². The lowest BCUT2D eigenvalue weighted by atomic mass is 10.2. The topological polar surface area (TPSA) is 41.4 Å². The van der Waals surface area contributed by atoms with Gasteiger partial charge in [0.15, 0.2) is 5.69 Å². The number of piperazine rings is 1. The van der Waals surface area contributed by atoms with Crippen molar-refractivity contribution in [2.75, 3.05) is 26.2 Å². The van der Waals surface area contributed by atoms with Gasteiger partial charge in [-0.1, -0.05) is 48.5 Å². The summed E-state index contributed by atoms with van der Waals surface area (Å²) in [6.07, 6.45) is 0. The van der Waals surface area contributed by atoms with Crippen molar-refractivity contribution in [1.29, 1.82) is 0 Å². The average molecular weight is 360 g/mol. The van der Waals surface area contributed by atoms with E-state index in [2.05, 4.69) is 34.3 Å². The Morgan fingerprint density at radius 1 is 0.926 bits per heavy atom. The number of hydrogen-bond acceptors (Lipinski definition) is 3. The Labute approximate surface area is 159 Å². The van der Waals surface area contributed by atoms with Gasteiger partial charge in [-0.25, -0.2) is 4.68 Å². The fraction of sp³-hybridized carbons (Fsp3) is 0.273. The number of carbonyl (C=O) groups is 1. The molecule has 1 fully saturated rings. The lowest BCUT2D eigenvalue weighted by Crippen LogP contribution is -2.48. The normalized spacial score (nSPS) is 15.1. The summed E-state index contributed by atoms with van der Waals surface area (Å²) < 4.78 is 1.83. The first-order valence-corrected chi connectivity index (χ1v) is 9.38. The van der Waals surface area contributed by atoms with Gasteiger partial charge in [0, 0.05) is 38.4 Å². The van der Waals surface area contributed by atoms with Crippen molar-refractivity contribution in [3.05, 3.63) is 83.7 Å². The number of hydrogen-bond donors (Lipinski definition) is 0. The molecule has 1 aliphatic heterocycles. The molecule has 138 valence electrons. The van der Waals surface area contributed by atoms with Gasteiger partial charge in [-0.2, -0.15) is 5.10 Å². The summed E-state index contributed by atoms with van der Waals surface area (Å²) in [5.74, 6) is 0.0205. The zero-order valence-electron chi connectivity index (χ0n) is 15.6. The van der Waals surface area contributed by atoms with E-state index < -0.39 is 0 Å².